The van der Waals surface area contributed by atoms with E-state index in [2.05, 4.69) is 5.32 Å². The van der Waals surface area contributed by atoms with E-state index in [0.717, 1.165) is 6.54 Å². The standard InChI is InChI=1S/C13H20N2O4/c1-19-12-7-4-8-6-15(11(12)9(8)5-7)13(18)14-3-2-10(16)17/h7-9,11-12H,2-6H2,1H3,(H,14,18)(H,16,17). The van der Waals surface area contributed by atoms with Crippen LogP contribution in [0.1, 0.15) is 19.3 Å². The highest BCUT2D eigenvalue weighted by atomic mass is 16.5. The van der Waals surface area contributed by atoms with Gasteiger partial charge in [-0.15, -0.1) is 0 Å². The van der Waals surface area contributed by atoms with Crippen molar-refractivity contribution in [3.8, 4) is 0 Å². The molecule has 1 saturated heterocycles. The number of likely N-dealkylation sites (tertiary alicyclic amines) is 1. The third-order valence-electron chi connectivity index (χ3n) is 4.97. The number of hydrogen-bond acceptors (Lipinski definition) is 3. The van der Waals surface area contributed by atoms with E-state index in [9.17, 15) is 9.59 Å². The van der Waals surface area contributed by atoms with Crippen molar-refractivity contribution < 1.29 is 19.4 Å². The minimum atomic E-state index is -0.891. The molecular formula is C13H20N2O4. The zero-order chi connectivity index (χ0) is 13.6. The number of ether oxygens (including phenoxy) is 1. The van der Waals surface area contributed by atoms with Crippen molar-refractivity contribution in [3.05, 3.63) is 0 Å². The molecule has 0 aromatic rings. The highest BCUT2D eigenvalue weighted by molar-refractivity contribution is 5.76. The summed E-state index contributed by atoms with van der Waals surface area (Å²) in [6.45, 7) is 0.985. The van der Waals surface area contributed by atoms with Crippen LogP contribution in [-0.2, 0) is 9.53 Å². The number of carbonyl (C=O) groups excluding carboxylic acids is 1. The van der Waals surface area contributed by atoms with Gasteiger partial charge in [-0.2, -0.15) is 0 Å². The number of nitrogens with one attached hydrogen (secondary N) is 1. The highest BCUT2D eigenvalue weighted by Gasteiger charge is 2.60. The quantitative estimate of drug-likeness (QED) is 0.779. The smallest absolute Gasteiger partial charge is 0.317 e. The molecule has 0 radical (unpaired) electrons. The van der Waals surface area contributed by atoms with Gasteiger partial charge in [0, 0.05) is 20.2 Å². The Balaban J connectivity index is 1.62. The maximum Gasteiger partial charge on any atom is 0.317 e. The molecule has 6 nitrogen and oxygen atoms in total. The van der Waals surface area contributed by atoms with Crippen LogP contribution in [0.2, 0.25) is 0 Å². The summed E-state index contributed by atoms with van der Waals surface area (Å²) in [7, 11) is 1.72. The van der Waals surface area contributed by atoms with Crippen LogP contribution in [-0.4, -0.2) is 54.4 Å². The maximum absolute atomic E-state index is 12.2. The first-order valence-corrected chi connectivity index (χ1v) is 6.91. The summed E-state index contributed by atoms with van der Waals surface area (Å²) in [5.74, 6) is 0.908. The van der Waals surface area contributed by atoms with Gasteiger partial charge in [0.25, 0.3) is 0 Å². The fraction of sp³-hybridized carbons (Fsp3) is 0.846. The number of carbonyl (C=O) groups is 2. The summed E-state index contributed by atoms with van der Waals surface area (Å²) in [5.41, 5.74) is 0. The normalized spacial score (nSPS) is 38.8. The molecule has 6 heteroatoms. The van der Waals surface area contributed by atoms with Crippen molar-refractivity contribution >= 4 is 12.0 Å². The number of amides is 2. The molecule has 2 amide bonds. The Hall–Kier alpha value is -1.30. The first-order valence-electron chi connectivity index (χ1n) is 6.91. The Morgan fingerprint density at radius 3 is 2.84 bits per heavy atom. The lowest BCUT2D eigenvalue weighted by molar-refractivity contribution is -0.136. The number of carboxylic acid groups (broad SMARTS) is 1. The van der Waals surface area contributed by atoms with Crippen LogP contribution in [0.25, 0.3) is 0 Å². The number of carboxylic acids is 1. The van der Waals surface area contributed by atoms with E-state index in [1.165, 1.54) is 12.8 Å². The molecule has 0 aromatic heterocycles. The summed E-state index contributed by atoms with van der Waals surface area (Å²) < 4.78 is 5.58. The van der Waals surface area contributed by atoms with Gasteiger partial charge in [-0.1, -0.05) is 0 Å². The van der Waals surface area contributed by atoms with E-state index in [0.29, 0.717) is 17.8 Å². The minimum Gasteiger partial charge on any atom is -0.481 e. The Morgan fingerprint density at radius 2 is 2.16 bits per heavy atom. The van der Waals surface area contributed by atoms with Crippen molar-refractivity contribution in [2.24, 2.45) is 17.8 Å². The van der Waals surface area contributed by atoms with E-state index >= 15 is 0 Å². The van der Waals surface area contributed by atoms with Crippen LogP contribution in [0.4, 0.5) is 4.79 Å². The number of hydrogen-bond donors (Lipinski definition) is 2. The molecule has 3 fully saturated rings. The second-order valence-electron chi connectivity index (χ2n) is 5.87. The Bertz CT molecular complexity index is 398. The molecule has 3 rings (SSSR count). The van der Waals surface area contributed by atoms with Gasteiger partial charge in [-0.05, 0) is 30.6 Å². The van der Waals surface area contributed by atoms with E-state index in [4.69, 9.17) is 9.84 Å². The van der Waals surface area contributed by atoms with Crippen molar-refractivity contribution in [2.75, 3.05) is 20.2 Å². The van der Waals surface area contributed by atoms with Gasteiger partial charge in [0.2, 0.25) is 0 Å². The van der Waals surface area contributed by atoms with E-state index in [1.807, 2.05) is 4.90 Å². The van der Waals surface area contributed by atoms with Crippen molar-refractivity contribution in [3.63, 3.8) is 0 Å². The Kier molecular flexibility index (Phi) is 3.12. The zero-order valence-corrected chi connectivity index (χ0v) is 11.0. The first-order chi connectivity index (χ1) is 9.11. The SMILES string of the molecule is COC1C2CC3CN(C(=O)NCCC(=O)O)C1C3C2. The fourth-order valence-electron chi connectivity index (χ4n) is 4.33. The fourth-order valence-corrected chi connectivity index (χ4v) is 4.33. The lowest BCUT2D eigenvalue weighted by atomic mass is 9.88. The molecule has 5 atom stereocenters. The van der Waals surface area contributed by atoms with Gasteiger partial charge in [-0.3, -0.25) is 4.79 Å². The number of rotatable bonds is 4. The van der Waals surface area contributed by atoms with Gasteiger partial charge < -0.3 is 20.1 Å². The van der Waals surface area contributed by atoms with Crippen LogP contribution in [0.15, 0.2) is 0 Å². The number of urea groups is 1. The van der Waals surface area contributed by atoms with Crippen LogP contribution < -0.4 is 5.32 Å². The molecular weight excluding hydrogens is 248 g/mol. The summed E-state index contributed by atoms with van der Waals surface area (Å²) in [6, 6.07) is 0.0573. The number of aliphatic carboxylic acids is 1. The van der Waals surface area contributed by atoms with Crippen LogP contribution >= 0.6 is 0 Å². The molecule has 106 valence electrons. The Labute approximate surface area is 112 Å². The lowest BCUT2D eigenvalue weighted by Gasteiger charge is -2.31. The molecule has 1 heterocycles. The van der Waals surface area contributed by atoms with E-state index in [-0.39, 0.29) is 31.1 Å². The van der Waals surface area contributed by atoms with Crippen molar-refractivity contribution in [1.82, 2.24) is 10.2 Å². The zero-order valence-electron chi connectivity index (χ0n) is 11.0. The third-order valence-corrected chi connectivity index (χ3v) is 4.97. The average molecular weight is 268 g/mol. The molecule has 19 heavy (non-hydrogen) atoms. The summed E-state index contributed by atoms with van der Waals surface area (Å²) >= 11 is 0. The molecule has 2 aliphatic carbocycles. The Morgan fingerprint density at radius 1 is 1.37 bits per heavy atom. The van der Waals surface area contributed by atoms with E-state index in [1.54, 1.807) is 7.11 Å². The van der Waals surface area contributed by atoms with Crippen LogP contribution in [0.5, 0.6) is 0 Å². The van der Waals surface area contributed by atoms with E-state index < -0.39 is 5.97 Å². The minimum absolute atomic E-state index is 0.0343. The second-order valence-corrected chi connectivity index (χ2v) is 5.87. The molecule has 3 aliphatic rings. The maximum atomic E-state index is 12.2. The summed E-state index contributed by atoms with van der Waals surface area (Å²) in [4.78, 5) is 24.5. The third kappa shape index (κ3) is 1.98. The van der Waals surface area contributed by atoms with Crippen LogP contribution in [0.3, 0.4) is 0 Å². The predicted octanol–water partition coefficient (Wildman–Crippen LogP) is 0.526. The lowest BCUT2D eigenvalue weighted by Crippen LogP contribution is -2.48. The van der Waals surface area contributed by atoms with Gasteiger partial charge in [0.1, 0.15) is 0 Å². The first kappa shape index (κ1) is 12.7. The number of fused-ring (bicyclic) bond motifs is 1. The summed E-state index contributed by atoms with van der Waals surface area (Å²) in [6.07, 6.45) is 2.47. The molecule has 5 unspecified atom stereocenters. The average Bonchev–Trinajstić information content (AvgIpc) is 2.95. The monoisotopic (exact) mass is 268 g/mol. The molecule has 2 saturated carbocycles. The van der Waals surface area contributed by atoms with Gasteiger partial charge >= 0.3 is 12.0 Å². The largest absolute Gasteiger partial charge is 0.481 e. The molecule has 0 aromatic carbocycles. The van der Waals surface area contributed by atoms with Gasteiger partial charge in [-0.25, -0.2) is 4.79 Å². The summed E-state index contributed by atoms with van der Waals surface area (Å²) in [5, 5.41) is 11.3. The second kappa shape index (κ2) is 4.67. The molecule has 2 bridgehead atoms. The van der Waals surface area contributed by atoms with Gasteiger partial charge in [0.15, 0.2) is 0 Å². The highest BCUT2D eigenvalue weighted by Crippen LogP contribution is 2.55. The number of nitrogens with zero attached hydrogens (tertiary/aromatic N) is 1. The molecule has 0 spiro atoms. The predicted molar refractivity (Wildman–Crippen MR) is 66.6 cm³/mol. The van der Waals surface area contributed by atoms with Gasteiger partial charge in [0.05, 0.1) is 18.6 Å². The molecule has 1 aliphatic heterocycles. The van der Waals surface area contributed by atoms with Crippen molar-refractivity contribution in [1.29, 1.82) is 0 Å². The number of methoxy groups -OCH3 is 1. The van der Waals surface area contributed by atoms with Crippen molar-refractivity contribution in [2.45, 2.75) is 31.4 Å². The van der Waals surface area contributed by atoms with Crippen LogP contribution in [0, 0.1) is 17.8 Å². The topological polar surface area (TPSA) is 78.9 Å². The molecule has 2 N–H and O–H groups in total.